The van der Waals surface area contributed by atoms with Gasteiger partial charge in [-0.15, -0.1) is 0 Å². The second-order valence-electron chi connectivity index (χ2n) is 4.08. The van der Waals surface area contributed by atoms with E-state index in [-0.39, 0.29) is 0 Å². The SMILES string of the molecule is Cc1nc2ccc3ccc(Br)cc3n2c1CN. The average molecular weight is 290 g/mol. The lowest BCUT2D eigenvalue weighted by atomic mass is 10.2. The van der Waals surface area contributed by atoms with E-state index in [1.54, 1.807) is 0 Å². The fourth-order valence-corrected chi connectivity index (χ4v) is 2.57. The summed E-state index contributed by atoms with van der Waals surface area (Å²) in [6.07, 6.45) is 0. The van der Waals surface area contributed by atoms with E-state index in [4.69, 9.17) is 5.73 Å². The molecule has 0 radical (unpaired) electrons. The monoisotopic (exact) mass is 289 g/mol. The van der Waals surface area contributed by atoms with Crippen molar-refractivity contribution >= 4 is 32.5 Å². The number of aromatic nitrogens is 2. The van der Waals surface area contributed by atoms with Crippen molar-refractivity contribution in [2.24, 2.45) is 5.73 Å². The molecule has 0 atom stereocenters. The molecule has 3 rings (SSSR count). The molecule has 0 saturated heterocycles. The number of imidazole rings is 1. The zero-order chi connectivity index (χ0) is 12.0. The normalized spacial score (nSPS) is 11.5. The van der Waals surface area contributed by atoms with Crippen molar-refractivity contribution in [1.82, 2.24) is 9.38 Å². The summed E-state index contributed by atoms with van der Waals surface area (Å²) >= 11 is 3.51. The summed E-state index contributed by atoms with van der Waals surface area (Å²) < 4.78 is 3.20. The molecule has 0 fully saturated rings. The van der Waals surface area contributed by atoms with Crippen LogP contribution in [0.2, 0.25) is 0 Å². The molecule has 2 aromatic heterocycles. The highest BCUT2D eigenvalue weighted by Crippen LogP contribution is 2.23. The Bertz CT molecular complexity index is 715. The predicted molar refractivity (Wildman–Crippen MR) is 73.0 cm³/mol. The Kier molecular flexibility index (Phi) is 2.42. The van der Waals surface area contributed by atoms with Crippen LogP contribution in [-0.2, 0) is 6.54 Å². The molecule has 0 aliphatic rings. The number of pyridine rings is 1. The number of nitrogens with two attached hydrogens (primary N) is 1. The van der Waals surface area contributed by atoms with Gasteiger partial charge in [0.1, 0.15) is 5.65 Å². The van der Waals surface area contributed by atoms with E-state index in [1.807, 2.05) is 19.1 Å². The number of aryl methyl sites for hydroxylation is 1. The first-order valence-electron chi connectivity index (χ1n) is 5.47. The lowest BCUT2D eigenvalue weighted by Crippen LogP contribution is -2.03. The molecule has 0 unspecified atom stereocenters. The Labute approximate surface area is 107 Å². The van der Waals surface area contributed by atoms with Crippen LogP contribution in [0.5, 0.6) is 0 Å². The Hall–Kier alpha value is -1.39. The van der Waals surface area contributed by atoms with Crippen LogP contribution in [0, 0.1) is 6.92 Å². The number of fused-ring (bicyclic) bond motifs is 3. The lowest BCUT2D eigenvalue weighted by molar-refractivity contribution is 0.961. The number of nitrogens with zero attached hydrogens (tertiary/aromatic N) is 2. The highest BCUT2D eigenvalue weighted by atomic mass is 79.9. The molecule has 0 spiro atoms. The highest BCUT2D eigenvalue weighted by molar-refractivity contribution is 9.10. The third-order valence-electron chi connectivity index (χ3n) is 3.04. The van der Waals surface area contributed by atoms with Gasteiger partial charge in [-0.05, 0) is 36.6 Å². The molecule has 0 aliphatic heterocycles. The van der Waals surface area contributed by atoms with Crippen molar-refractivity contribution in [3.63, 3.8) is 0 Å². The van der Waals surface area contributed by atoms with E-state index in [0.29, 0.717) is 6.54 Å². The molecule has 0 saturated carbocycles. The van der Waals surface area contributed by atoms with Crippen LogP contribution in [0.3, 0.4) is 0 Å². The highest BCUT2D eigenvalue weighted by Gasteiger charge is 2.09. The minimum Gasteiger partial charge on any atom is -0.325 e. The van der Waals surface area contributed by atoms with Gasteiger partial charge >= 0.3 is 0 Å². The lowest BCUT2D eigenvalue weighted by Gasteiger charge is -2.05. The van der Waals surface area contributed by atoms with E-state index in [0.717, 1.165) is 27.0 Å². The Balaban J connectivity index is 2.56. The van der Waals surface area contributed by atoms with Gasteiger partial charge in [-0.2, -0.15) is 0 Å². The van der Waals surface area contributed by atoms with Crippen molar-refractivity contribution in [1.29, 1.82) is 0 Å². The fraction of sp³-hybridized carbons (Fsp3) is 0.154. The molecule has 3 nitrogen and oxygen atoms in total. The molecule has 2 N–H and O–H groups in total. The molecule has 0 aliphatic carbocycles. The number of hydrogen-bond acceptors (Lipinski definition) is 2. The summed E-state index contributed by atoms with van der Waals surface area (Å²) in [4.78, 5) is 4.53. The first-order chi connectivity index (χ1) is 8.20. The maximum atomic E-state index is 5.82. The smallest absolute Gasteiger partial charge is 0.137 e. The zero-order valence-corrected chi connectivity index (χ0v) is 11.0. The summed E-state index contributed by atoms with van der Waals surface area (Å²) in [6, 6.07) is 10.4. The van der Waals surface area contributed by atoms with Gasteiger partial charge in [-0.25, -0.2) is 4.98 Å². The van der Waals surface area contributed by atoms with Crippen LogP contribution in [0.4, 0.5) is 0 Å². The van der Waals surface area contributed by atoms with E-state index in [2.05, 4.69) is 43.5 Å². The van der Waals surface area contributed by atoms with Crippen LogP contribution >= 0.6 is 15.9 Å². The largest absolute Gasteiger partial charge is 0.325 e. The van der Waals surface area contributed by atoms with Gasteiger partial charge in [-0.3, -0.25) is 4.40 Å². The molecular weight excluding hydrogens is 278 g/mol. The fourth-order valence-electron chi connectivity index (χ4n) is 2.22. The second kappa shape index (κ2) is 3.82. The molecule has 86 valence electrons. The average Bonchev–Trinajstić information content (AvgIpc) is 2.64. The third-order valence-corrected chi connectivity index (χ3v) is 3.53. The summed E-state index contributed by atoms with van der Waals surface area (Å²) in [5.41, 5.74) is 9.98. The van der Waals surface area contributed by atoms with Crippen LogP contribution < -0.4 is 5.73 Å². The van der Waals surface area contributed by atoms with Gasteiger partial charge in [0.25, 0.3) is 0 Å². The topological polar surface area (TPSA) is 43.3 Å². The van der Waals surface area contributed by atoms with E-state index >= 15 is 0 Å². The molecule has 0 amide bonds. The first kappa shape index (κ1) is 10.7. The van der Waals surface area contributed by atoms with E-state index in [1.165, 1.54) is 5.39 Å². The van der Waals surface area contributed by atoms with Gasteiger partial charge in [0, 0.05) is 11.0 Å². The third kappa shape index (κ3) is 1.56. The zero-order valence-electron chi connectivity index (χ0n) is 9.44. The number of hydrogen-bond donors (Lipinski definition) is 1. The van der Waals surface area contributed by atoms with Crippen molar-refractivity contribution in [2.75, 3.05) is 0 Å². The molecule has 17 heavy (non-hydrogen) atoms. The summed E-state index contributed by atoms with van der Waals surface area (Å²) in [5, 5.41) is 1.19. The van der Waals surface area contributed by atoms with Crippen LogP contribution in [0.15, 0.2) is 34.8 Å². The van der Waals surface area contributed by atoms with Gasteiger partial charge in [-0.1, -0.05) is 22.0 Å². The first-order valence-corrected chi connectivity index (χ1v) is 6.26. The Morgan fingerprint density at radius 3 is 2.82 bits per heavy atom. The minimum absolute atomic E-state index is 0.499. The van der Waals surface area contributed by atoms with Gasteiger partial charge in [0.2, 0.25) is 0 Å². The Morgan fingerprint density at radius 1 is 1.29 bits per heavy atom. The van der Waals surface area contributed by atoms with Crippen molar-refractivity contribution in [3.8, 4) is 0 Å². The maximum Gasteiger partial charge on any atom is 0.137 e. The number of benzene rings is 1. The quantitative estimate of drug-likeness (QED) is 0.748. The van der Waals surface area contributed by atoms with Crippen LogP contribution in [0.1, 0.15) is 11.4 Å². The minimum atomic E-state index is 0.499. The predicted octanol–water partition coefficient (Wildman–Crippen LogP) is 3.02. The summed E-state index contributed by atoms with van der Waals surface area (Å²) in [6.45, 7) is 2.50. The summed E-state index contributed by atoms with van der Waals surface area (Å²) in [7, 11) is 0. The molecule has 1 aromatic carbocycles. The molecule has 3 aromatic rings. The second-order valence-corrected chi connectivity index (χ2v) is 4.99. The Morgan fingerprint density at radius 2 is 2.06 bits per heavy atom. The number of rotatable bonds is 1. The molecular formula is C13H12BrN3. The maximum absolute atomic E-state index is 5.82. The van der Waals surface area contributed by atoms with Gasteiger partial charge < -0.3 is 5.73 Å². The number of halogens is 1. The summed E-state index contributed by atoms with van der Waals surface area (Å²) in [5.74, 6) is 0. The standard InChI is InChI=1S/C13H12BrN3/c1-8-12(7-15)17-11-6-10(14)4-2-9(11)3-5-13(17)16-8/h2-6H,7,15H2,1H3. The van der Waals surface area contributed by atoms with Crippen LogP contribution in [0.25, 0.3) is 16.6 Å². The van der Waals surface area contributed by atoms with Gasteiger partial charge in [0.05, 0.1) is 16.9 Å². The van der Waals surface area contributed by atoms with Crippen molar-refractivity contribution in [2.45, 2.75) is 13.5 Å². The van der Waals surface area contributed by atoms with Crippen molar-refractivity contribution < 1.29 is 0 Å². The van der Waals surface area contributed by atoms with Crippen molar-refractivity contribution in [3.05, 3.63) is 46.2 Å². The molecule has 4 heteroatoms. The van der Waals surface area contributed by atoms with E-state index in [9.17, 15) is 0 Å². The molecule has 2 heterocycles. The van der Waals surface area contributed by atoms with E-state index < -0.39 is 0 Å². The van der Waals surface area contributed by atoms with Crippen LogP contribution in [-0.4, -0.2) is 9.38 Å². The van der Waals surface area contributed by atoms with Gasteiger partial charge in [0.15, 0.2) is 0 Å². The molecule has 0 bridgehead atoms.